The summed E-state index contributed by atoms with van der Waals surface area (Å²) < 4.78 is 0. The minimum Gasteiger partial charge on any atom is -0.323 e. The maximum Gasteiger partial charge on any atom is 0.0705 e. The van der Waals surface area contributed by atoms with Crippen LogP contribution in [0.5, 0.6) is 0 Å². The molecule has 3 fully saturated rings. The van der Waals surface area contributed by atoms with Gasteiger partial charge in [-0.2, -0.15) is 0 Å². The number of nitrogens with zero attached hydrogens (tertiary/aromatic N) is 2. The molecule has 3 unspecified atom stereocenters. The van der Waals surface area contributed by atoms with E-state index < -0.39 is 0 Å². The first-order valence-corrected chi connectivity index (χ1v) is 8.61. The van der Waals surface area contributed by atoms with Crippen molar-refractivity contribution in [1.82, 2.24) is 9.88 Å². The third-order valence-electron chi connectivity index (χ3n) is 5.92. The van der Waals surface area contributed by atoms with Crippen LogP contribution in [0.25, 0.3) is 10.9 Å². The molecule has 2 aromatic rings. The highest BCUT2D eigenvalue weighted by atomic mass is 15.2. The van der Waals surface area contributed by atoms with Crippen molar-refractivity contribution < 1.29 is 0 Å². The summed E-state index contributed by atoms with van der Waals surface area (Å²) in [7, 11) is 0. The molecule has 0 radical (unpaired) electrons. The molecule has 3 aliphatic rings. The molecule has 0 amide bonds. The molecule has 3 heteroatoms. The highest BCUT2D eigenvalue weighted by Crippen LogP contribution is 2.41. The number of hydrogen-bond donors (Lipinski definition) is 1. The number of fused-ring (bicyclic) bond motifs is 4. The molecule has 116 valence electrons. The number of pyridine rings is 1. The topological polar surface area (TPSA) is 42.1 Å². The van der Waals surface area contributed by atoms with Crippen molar-refractivity contribution >= 4 is 10.9 Å². The van der Waals surface area contributed by atoms with Gasteiger partial charge < -0.3 is 5.73 Å². The fraction of sp³-hybridized carbons (Fsp3) is 0.526. The molecule has 3 saturated heterocycles. The third-order valence-corrected chi connectivity index (χ3v) is 5.92. The summed E-state index contributed by atoms with van der Waals surface area (Å²) in [6.45, 7) is 4.79. The molecule has 22 heavy (non-hydrogen) atoms. The summed E-state index contributed by atoms with van der Waals surface area (Å²) in [4.78, 5) is 7.12. The molecule has 2 bridgehead atoms. The first kappa shape index (κ1) is 14.2. The van der Waals surface area contributed by atoms with E-state index in [0.717, 1.165) is 17.4 Å². The normalized spacial score (nSPS) is 32.3. The van der Waals surface area contributed by atoms with Crippen molar-refractivity contribution in [2.75, 3.05) is 13.1 Å². The van der Waals surface area contributed by atoms with Gasteiger partial charge in [-0.15, -0.1) is 0 Å². The molecule has 3 aliphatic heterocycles. The second kappa shape index (κ2) is 5.64. The molecule has 3 nitrogen and oxygen atoms in total. The number of hydrogen-bond acceptors (Lipinski definition) is 3. The van der Waals surface area contributed by atoms with Gasteiger partial charge in [-0.1, -0.05) is 31.5 Å². The molecular formula is C19H25N3. The minimum absolute atomic E-state index is 0.0912. The predicted octanol–water partition coefficient (Wildman–Crippen LogP) is 3.36. The van der Waals surface area contributed by atoms with Gasteiger partial charge in [0.05, 0.1) is 5.52 Å². The smallest absolute Gasteiger partial charge is 0.0705 e. The van der Waals surface area contributed by atoms with Crippen molar-refractivity contribution in [3.05, 3.63) is 42.1 Å². The van der Waals surface area contributed by atoms with Crippen molar-refractivity contribution in [3.63, 3.8) is 0 Å². The van der Waals surface area contributed by atoms with E-state index in [9.17, 15) is 0 Å². The van der Waals surface area contributed by atoms with Crippen LogP contribution in [-0.4, -0.2) is 29.0 Å². The van der Waals surface area contributed by atoms with Gasteiger partial charge in [0.15, 0.2) is 0 Å². The zero-order chi connectivity index (χ0) is 15.1. The van der Waals surface area contributed by atoms with Gasteiger partial charge in [0, 0.05) is 30.2 Å². The quantitative estimate of drug-likeness (QED) is 0.944. The standard InChI is InChI=1S/C19H25N3/c1-2-13-12-22-10-8-14(13)11-18(22)19(20)16-7-9-21-17-6-4-3-5-15(16)17/h3-7,9,13-14,18-19H,2,8,10-12,20H2,1H3/t13?,14?,18-,19-/m0/s1. The SMILES string of the molecule is CCC1CN2CCC1C[C@H]2[C@@H](N)c1ccnc2ccccc12. The Labute approximate surface area is 132 Å². The van der Waals surface area contributed by atoms with Crippen LogP contribution < -0.4 is 5.73 Å². The molecule has 1 aromatic heterocycles. The molecule has 2 N–H and O–H groups in total. The zero-order valence-corrected chi connectivity index (χ0v) is 13.3. The lowest BCUT2D eigenvalue weighted by molar-refractivity contribution is -0.0105. The largest absolute Gasteiger partial charge is 0.323 e. The Morgan fingerprint density at radius 3 is 2.95 bits per heavy atom. The highest BCUT2D eigenvalue weighted by Gasteiger charge is 2.41. The average molecular weight is 295 g/mol. The number of aromatic nitrogens is 1. The lowest BCUT2D eigenvalue weighted by Crippen LogP contribution is -2.56. The summed E-state index contributed by atoms with van der Waals surface area (Å²) in [5.41, 5.74) is 9.05. The summed E-state index contributed by atoms with van der Waals surface area (Å²) >= 11 is 0. The Morgan fingerprint density at radius 1 is 1.32 bits per heavy atom. The van der Waals surface area contributed by atoms with Crippen molar-refractivity contribution in [2.24, 2.45) is 17.6 Å². The van der Waals surface area contributed by atoms with Crippen LogP contribution in [0, 0.1) is 11.8 Å². The van der Waals surface area contributed by atoms with Crippen LogP contribution >= 0.6 is 0 Å². The number of para-hydroxylation sites is 1. The molecule has 0 spiro atoms. The Morgan fingerprint density at radius 2 is 2.18 bits per heavy atom. The second-order valence-corrected chi connectivity index (χ2v) is 6.96. The fourth-order valence-corrected chi connectivity index (χ4v) is 4.63. The van der Waals surface area contributed by atoms with E-state index in [2.05, 4.69) is 41.1 Å². The van der Waals surface area contributed by atoms with Crippen LogP contribution in [0.3, 0.4) is 0 Å². The average Bonchev–Trinajstić information content (AvgIpc) is 2.60. The molecule has 0 saturated carbocycles. The predicted molar refractivity (Wildman–Crippen MR) is 90.5 cm³/mol. The van der Waals surface area contributed by atoms with Gasteiger partial charge >= 0.3 is 0 Å². The maximum absolute atomic E-state index is 6.74. The van der Waals surface area contributed by atoms with E-state index in [1.807, 2.05) is 12.3 Å². The molecular weight excluding hydrogens is 270 g/mol. The number of piperidine rings is 3. The number of nitrogens with two attached hydrogens (primary N) is 1. The summed E-state index contributed by atoms with van der Waals surface area (Å²) in [6, 6.07) is 11.1. The van der Waals surface area contributed by atoms with Gasteiger partial charge in [-0.25, -0.2) is 0 Å². The lowest BCUT2D eigenvalue weighted by atomic mass is 9.72. The van der Waals surface area contributed by atoms with E-state index in [1.54, 1.807) is 0 Å². The first-order chi connectivity index (χ1) is 10.8. The summed E-state index contributed by atoms with van der Waals surface area (Å²) in [5, 5.41) is 1.21. The van der Waals surface area contributed by atoms with E-state index in [1.165, 1.54) is 43.3 Å². The Bertz CT molecular complexity index is 663. The number of rotatable bonds is 3. The molecule has 4 heterocycles. The number of benzene rings is 1. The van der Waals surface area contributed by atoms with Gasteiger partial charge in [-0.3, -0.25) is 9.88 Å². The molecule has 5 atom stereocenters. The van der Waals surface area contributed by atoms with Gasteiger partial charge in [0.25, 0.3) is 0 Å². The fourth-order valence-electron chi connectivity index (χ4n) is 4.63. The van der Waals surface area contributed by atoms with Gasteiger partial charge in [0.2, 0.25) is 0 Å². The Kier molecular flexibility index (Phi) is 3.63. The maximum atomic E-state index is 6.74. The molecule has 1 aromatic carbocycles. The van der Waals surface area contributed by atoms with Crippen molar-refractivity contribution in [2.45, 2.75) is 38.3 Å². The second-order valence-electron chi connectivity index (χ2n) is 6.96. The lowest BCUT2D eigenvalue weighted by Gasteiger charge is -2.51. The van der Waals surface area contributed by atoms with E-state index in [4.69, 9.17) is 5.73 Å². The van der Waals surface area contributed by atoms with Gasteiger partial charge in [0.1, 0.15) is 0 Å². The first-order valence-electron chi connectivity index (χ1n) is 8.61. The zero-order valence-electron chi connectivity index (χ0n) is 13.3. The summed E-state index contributed by atoms with van der Waals surface area (Å²) in [6.07, 6.45) is 5.83. The van der Waals surface area contributed by atoms with Crippen LogP contribution in [0.4, 0.5) is 0 Å². The van der Waals surface area contributed by atoms with Crippen molar-refractivity contribution in [3.8, 4) is 0 Å². The van der Waals surface area contributed by atoms with E-state index in [-0.39, 0.29) is 6.04 Å². The van der Waals surface area contributed by atoms with E-state index >= 15 is 0 Å². The Balaban J connectivity index is 1.66. The van der Waals surface area contributed by atoms with Gasteiger partial charge in [-0.05, 0) is 48.9 Å². The monoisotopic (exact) mass is 295 g/mol. The minimum atomic E-state index is 0.0912. The summed E-state index contributed by atoms with van der Waals surface area (Å²) in [5.74, 6) is 1.76. The molecule has 0 aliphatic carbocycles. The van der Waals surface area contributed by atoms with Crippen LogP contribution in [0.15, 0.2) is 36.5 Å². The molecule has 5 rings (SSSR count). The third kappa shape index (κ3) is 2.24. The van der Waals surface area contributed by atoms with Crippen LogP contribution in [0.2, 0.25) is 0 Å². The van der Waals surface area contributed by atoms with Crippen LogP contribution in [-0.2, 0) is 0 Å². The van der Waals surface area contributed by atoms with Crippen LogP contribution in [0.1, 0.15) is 37.8 Å². The Hall–Kier alpha value is -1.45. The van der Waals surface area contributed by atoms with E-state index in [0.29, 0.717) is 6.04 Å². The van der Waals surface area contributed by atoms with Crippen molar-refractivity contribution in [1.29, 1.82) is 0 Å². The highest BCUT2D eigenvalue weighted by molar-refractivity contribution is 5.82.